The Hall–Kier alpha value is 0.0400. The van der Waals surface area contributed by atoms with Crippen LogP contribution in [0, 0.1) is 17.3 Å². The zero-order valence-corrected chi connectivity index (χ0v) is 8.59. The fourth-order valence-corrected chi connectivity index (χ4v) is 0.763. The van der Waals surface area contributed by atoms with Crippen LogP contribution in [0.2, 0.25) is 0 Å². The zero-order valence-electron chi connectivity index (χ0n) is 7.00. The maximum atomic E-state index is 3.36. The summed E-state index contributed by atoms with van der Waals surface area (Å²) < 4.78 is 0. The third kappa shape index (κ3) is 8.04. The van der Waals surface area contributed by atoms with Gasteiger partial charge in [0, 0.05) is 17.2 Å². The van der Waals surface area contributed by atoms with Crippen LogP contribution < -0.4 is 0 Å². The highest BCUT2D eigenvalue weighted by molar-refractivity contribution is 9.09. The van der Waals surface area contributed by atoms with E-state index in [1.54, 1.807) is 0 Å². The smallest absolute Gasteiger partial charge is 0.0230 e. The van der Waals surface area contributed by atoms with Gasteiger partial charge in [-0.15, -0.1) is 5.92 Å². The lowest BCUT2D eigenvalue weighted by molar-refractivity contribution is 0.570. The van der Waals surface area contributed by atoms with E-state index in [1.165, 1.54) is 0 Å². The van der Waals surface area contributed by atoms with Crippen LogP contribution in [0.25, 0.3) is 0 Å². The van der Waals surface area contributed by atoms with Crippen molar-refractivity contribution in [3.05, 3.63) is 0 Å². The molecule has 0 aliphatic carbocycles. The Labute approximate surface area is 72.5 Å². The molecule has 0 heterocycles. The van der Waals surface area contributed by atoms with Crippen LogP contribution in [0.1, 0.15) is 33.6 Å². The minimum Gasteiger partial charge on any atom is -0.103 e. The first kappa shape index (κ1) is 10.0. The summed E-state index contributed by atoms with van der Waals surface area (Å²) in [6, 6.07) is 0. The van der Waals surface area contributed by atoms with Crippen molar-refractivity contribution in [2.24, 2.45) is 5.41 Å². The lowest BCUT2D eigenvalue weighted by atomic mass is 9.98. The minimum atomic E-state index is 0.173. The molecular weight excluding hydrogens is 188 g/mol. The van der Waals surface area contributed by atoms with Gasteiger partial charge in [0.1, 0.15) is 0 Å². The van der Waals surface area contributed by atoms with Crippen LogP contribution in [0.3, 0.4) is 0 Å². The molecule has 0 aliphatic heterocycles. The molecule has 0 radical (unpaired) electrons. The second kappa shape index (κ2) is 4.79. The summed E-state index contributed by atoms with van der Waals surface area (Å²) in [5.74, 6) is 6.33. The van der Waals surface area contributed by atoms with Crippen LogP contribution in [-0.4, -0.2) is 5.33 Å². The molecule has 0 N–H and O–H groups in total. The van der Waals surface area contributed by atoms with Crippen LogP contribution in [0.15, 0.2) is 0 Å². The van der Waals surface area contributed by atoms with Gasteiger partial charge in [-0.1, -0.05) is 21.9 Å². The number of rotatable bonds is 2. The summed E-state index contributed by atoms with van der Waals surface area (Å²) in [5.41, 5.74) is 0.173. The van der Waals surface area contributed by atoms with Crippen LogP contribution in [0.4, 0.5) is 0 Å². The van der Waals surface area contributed by atoms with Gasteiger partial charge in [0.05, 0.1) is 0 Å². The SMILES string of the molecule is CC(C)(C)C#CCCCBr. The van der Waals surface area contributed by atoms with Gasteiger partial charge < -0.3 is 0 Å². The molecule has 58 valence electrons. The second-order valence-corrected chi connectivity index (χ2v) is 4.14. The number of hydrogen-bond acceptors (Lipinski definition) is 0. The summed E-state index contributed by atoms with van der Waals surface area (Å²) >= 11 is 3.36. The van der Waals surface area contributed by atoms with E-state index < -0.39 is 0 Å². The minimum absolute atomic E-state index is 0.173. The summed E-state index contributed by atoms with van der Waals surface area (Å²) in [7, 11) is 0. The van der Waals surface area contributed by atoms with Crippen molar-refractivity contribution in [2.75, 3.05) is 5.33 Å². The molecular formula is C9H15Br. The lowest BCUT2D eigenvalue weighted by Crippen LogP contribution is -1.98. The monoisotopic (exact) mass is 202 g/mol. The molecule has 0 amide bonds. The van der Waals surface area contributed by atoms with E-state index in [-0.39, 0.29) is 5.41 Å². The molecule has 0 saturated carbocycles. The lowest BCUT2D eigenvalue weighted by Gasteiger charge is -2.06. The van der Waals surface area contributed by atoms with Crippen molar-refractivity contribution in [2.45, 2.75) is 33.6 Å². The van der Waals surface area contributed by atoms with Gasteiger partial charge in [0.15, 0.2) is 0 Å². The highest BCUT2D eigenvalue weighted by atomic mass is 79.9. The molecule has 0 aliphatic rings. The van der Waals surface area contributed by atoms with Crippen molar-refractivity contribution >= 4 is 15.9 Å². The van der Waals surface area contributed by atoms with E-state index in [9.17, 15) is 0 Å². The third-order valence-corrected chi connectivity index (χ3v) is 1.46. The molecule has 0 bridgehead atoms. The summed E-state index contributed by atoms with van der Waals surface area (Å²) in [5, 5.41) is 1.06. The fourth-order valence-electron chi connectivity index (χ4n) is 0.483. The van der Waals surface area contributed by atoms with Gasteiger partial charge in [-0.3, -0.25) is 0 Å². The van der Waals surface area contributed by atoms with Crippen LogP contribution in [0.5, 0.6) is 0 Å². The van der Waals surface area contributed by atoms with Crippen molar-refractivity contribution in [3.63, 3.8) is 0 Å². The maximum absolute atomic E-state index is 3.36. The van der Waals surface area contributed by atoms with Crippen molar-refractivity contribution < 1.29 is 0 Å². The van der Waals surface area contributed by atoms with E-state index in [0.29, 0.717) is 0 Å². The standard InChI is InChI=1S/C9H15Br/c1-9(2,3)7-5-4-6-8-10/h4,6,8H2,1-3H3. The molecule has 0 saturated heterocycles. The molecule has 0 rings (SSSR count). The normalized spacial score (nSPS) is 10.4. The molecule has 10 heavy (non-hydrogen) atoms. The Morgan fingerprint density at radius 2 is 1.90 bits per heavy atom. The van der Waals surface area contributed by atoms with E-state index in [1.807, 2.05) is 0 Å². The first-order valence-corrected chi connectivity index (χ1v) is 4.74. The molecule has 0 aromatic carbocycles. The third-order valence-electron chi connectivity index (χ3n) is 0.899. The van der Waals surface area contributed by atoms with Crippen molar-refractivity contribution in [1.82, 2.24) is 0 Å². The number of alkyl halides is 1. The van der Waals surface area contributed by atoms with E-state index in [4.69, 9.17) is 0 Å². The first-order chi connectivity index (χ1) is 4.56. The van der Waals surface area contributed by atoms with Gasteiger partial charge in [-0.25, -0.2) is 0 Å². The van der Waals surface area contributed by atoms with Gasteiger partial charge in [-0.2, -0.15) is 0 Å². The predicted molar refractivity (Wildman–Crippen MR) is 50.3 cm³/mol. The van der Waals surface area contributed by atoms with Crippen LogP contribution >= 0.6 is 15.9 Å². The first-order valence-electron chi connectivity index (χ1n) is 3.62. The second-order valence-electron chi connectivity index (χ2n) is 3.34. The average molecular weight is 203 g/mol. The Morgan fingerprint density at radius 1 is 1.30 bits per heavy atom. The number of hydrogen-bond donors (Lipinski definition) is 0. The molecule has 0 unspecified atom stereocenters. The maximum Gasteiger partial charge on any atom is 0.0230 e. The molecule has 0 spiro atoms. The van der Waals surface area contributed by atoms with Crippen LogP contribution in [-0.2, 0) is 0 Å². The molecule has 0 nitrogen and oxygen atoms in total. The zero-order chi connectivity index (χ0) is 8.04. The fraction of sp³-hybridized carbons (Fsp3) is 0.778. The van der Waals surface area contributed by atoms with Gasteiger partial charge in [-0.05, 0) is 27.2 Å². The average Bonchev–Trinajstić information content (AvgIpc) is 1.78. The molecule has 1 heteroatoms. The van der Waals surface area contributed by atoms with E-state index in [2.05, 4.69) is 48.5 Å². The molecule has 0 aromatic rings. The largest absolute Gasteiger partial charge is 0.103 e. The van der Waals surface area contributed by atoms with E-state index in [0.717, 1.165) is 18.2 Å². The Bertz CT molecular complexity index is 131. The highest BCUT2D eigenvalue weighted by Gasteiger charge is 2.02. The Morgan fingerprint density at radius 3 is 2.30 bits per heavy atom. The quantitative estimate of drug-likeness (QED) is 0.367. The number of unbranched alkanes of at least 4 members (excludes halogenated alkanes) is 1. The Balaban J connectivity index is 3.50. The highest BCUT2D eigenvalue weighted by Crippen LogP contribution is 2.09. The van der Waals surface area contributed by atoms with Crippen molar-refractivity contribution in [1.29, 1.82) is 0 Å². The predicted octanol–water partition coefficient (Wildman–Crippen LogP) is 3.21. The van der Waals surface area contributed by atoms with Gasteiger partial charge in [0.25, 0.3) is 0 Å². The molecule has 0 fully saturated rings. The number of halogens is 1. The summed E-state index contributed by atoms with van der Waals surface area (Å²) in [6.45, 7) is 6.40. The molecule has 0 atom stereocenters. The summed E-state index contributed by atoms with van der Waals surface area (Å²) in [4.78, 5) is 0. The van der Waals surface area contributed by atoms with Gasteiger partial charge in [0.2, 0.25) is 0 Å². The van der Waals surface area contributed by atoms with Crippen molar-refractivity contribution in [3.8, 4) is 11.8 Å². The molecule has 0 aromatic heterocycles. The topological polar surface area (TPSA) is 0 Å². The Kier molecular flexibility index (Phi) is 4.81. The summed E-state index contributed by atoms with van der Waals surface area (Å²) in [6.07, 6.45) is 2.17. The van der Waals surface area contributed by atoms with E-state index >= 15 is 0 Å². The van der Waals surface area contributed by atoms with Gasteiger partial charge >= 0.3 is 0 Å².